The lowest BCUT2D eigenvalue weighted by atomic mass is 9.81. The summed E-state index contributed by atoms with van der Waals surface area (Å²) < 4.78 is 24.9. The van der Waals surface area contributed by atoms with Gasteiger partial charge >= 0.3 is 5.97 Å². The lowest BCUT2D eigenvalue weighted by Gasteiger charge is -2.25. The van der Waals surface area contributed by atoms with Gasteiger partial charge < -0.3 is 5.11 Å². The van der Waals surface area contributed by atoms with Gasteiger partial charge in [0, 0.05) is 43.5 Å². The summed E-state index contributed by atoms with van der Waals surface area (Å²) in [5.41, 5.74) is 0.197. The number of likely N-dealkylation sites (tertiary alicyclic amines) is 1. The summed E-state index contributed by atoms with van der Waals surface area (Å²) in [7, 11) is -3.36. The number of hydrogen-bond acceptors (Lipinski definition) is 5. The van der Waals surface area contributed by atoms with Crippen molar-refractivity contribution in [3.8, 4) is 0 Å². The number of rotatable bonds is 5. The van der Waals surface area contributed by atoms with Crippen LogP contribution in [0.15, 0.2) is 29.2 Å². The van der Waals surface area contributed by atoms with Gasteiger partial charge in [0.2, 0.25) is 10.0 Å². The van der Waals surface area contributed by atoms with E-state index in [-0.39, 0.29) is 12.5 Å². The highest BCUT2D eigenvalue weighted by atomic mass is 32.2. The van der Waals surface area contributed by atoms with Crippen LogP contribution in [0.25, 0.3) is 0 Å². The van der Waals surface area contributed by atoms with Crippen LogP contribution in [-0.2, 0) is 21.4 Å². The Balaban J connectivity index is 1.80. The molecule has 6 nitrogen and oxygen atoms in total. The van der Waals surface area contributed by atoms with E-state index >= 15 is 0 Å². The number of carbonyl (C=O) groups is 1. The van der Waals surface area contributed by atoms with Gasteiger partial charge in [0.1, 0.15) is 0 Å². The molecule has 24 heavy (non-hydrogen) atoms. The van der Waals surface area contributed by atoms with Crippen LogP contribution in [-0.4, -0.2) is 67.4 Å². The van der Waals surface area contributed by atoms with Gasteiger partial charge in [-0.25, -0.2) is 12.7 Å². The number of benzene rings is 1. The number of fused-ring (bicyclic) bond motifs is 1. The standard InChI is InChI=1S/C16H22N2O4S2/c1-23-14-6-4-3-5-12(14)7-17-8-13-9-18(24(2,21)22)11-16(13,10-17)15(19)20/h3-6,13H,7-11H2,1-2H3,(H,19,20)/t13-,16-/m0/s1. The molecule has 2 heterocycles. The average Bonchev–Trinajstić information content (AvgIpc) is 3.02. The van der Waals surface area contributed by atoms with E-state index in [2.05, 4.69) is 17.0 Å². The van der Waals surface area contributed by atoms with Crippen molar-refractivity contribution >= 4 is 27.8 Å². The molecule has 2 saturated heterocycles. The van der Waals surface area contributed by atoms with Gasteiger partial charge in [-0.3, -0.25) is 9.69 Å². The Morgan fingerprint density at radius 3 is 2.62 bits per heavy atom. The van der Waals surface area contributed by atoms with E-state index in [9.17, 15) is 18.3 Å². The molecule has 0 amide bonds. The van der Waals surface area contributed by atoms with Gasteiger partial charge in [-0.15, -0.1) is 11.8 Å². The molecule has 2 atom stereocenters. The highest BCUT2D eigenvalue weighted by Gasteiger charge is 2.59. The van der Waals surface area contributed by atoms with E-state index in [4.69, 9.17) is 0 Å². The fourth-order valence-corrected chi connectivity index (χ4v) is 5.40. The number of sulfonamides is 1. The van der Waals surface area contributed by atoms with E-state index in [1.165, 1.54) is 14.8 Å². The number of nitrogens with zero attached hydrogens (tertiary/aromatic N) is 2. The molecule has 0 aromatic heterocycles. The second kappa shape index (κ2) is 6.33. The predicted octanol–water partition coefficient (Wildman–Crippen LogP) is 1.19. The minimum absolute atomic E-state index is 0.0759. The first-order chi connectivity index (χ1) is 11.3. The van der Waals surface area contributed by atoms with Crippen LogP contribution < -0.4 is 0 Å². The van der Waals surface area contributed by atoms with Gasteiger partial charge in [-0.2, -0.15) is 0 Å². The molecule has 1 N–H and O–H groups in total. The van der Waals surface area contributed by atoms with Crippen molar-refractivity contribution in [2.75, 3.05) is 38.7 Å². The van der Waals surface area contributed by atoms with Crippen molar-refractivity contribution in [3.63, 3.8) is 0 Å². The Bertz CT molecular complexity index is 752. The summed E-state index contributed by atoms with van der Waals surface area (Å²) in [6.45, 7) is 2.07. The molecule has 132 valence electrons. The highest BCUT2D eigenvalue weighted by Crippen LogP contribution is 2.44. The third-order valence-electron chi connectivity index (χ3n) is 5.13. The smallest absolute Gasteiger partial charge is 0.312 e. The first-order valence-electron chi connectivity index (χ1n) is 7.79. The van der Waals surface area contributed by atoms with Gasteiger partial charge in [0.05, 0.1) is 11.7 Å². The lowest BCUT2D eigenvalue weighted by Crippen LogP contribution is -2.41. The third kappa shape index (κ3) is 3.08. The Labute approximate surface area is 146 Å². The van der Waals surface area contributed by atoms with Crippen molar-refractivity contribution in [3.05, 3.63) is 29.8 Å². The minimum atomic E-state index is -3.36. The molecule has 2 aliphatic heterocycles. The number of carboxylic acids is 1. The SMILES string of the molecule is CSc1ccccc1CN1C[C@H]2CN(S(C)(=O)=O)C[C@@]2(C(=O)O)C1. The third-order valence-corrected chi connectivity index (χ3v) is 7.18. The molecule has 0 spiro atoms. The fourth-order valence-electron chi connectivity index (χ4n) is 3.87. The van der Waals surface area contributed by atoms with Crippen LogP contribution in [0.5, 0.6) is 0 Å². The second-order valence-corrected chi connectivity index (χ2v) is 9.53. The molecule has 1 aromatic rings. The summed E-state index contributed by atoms with van der Waals surface area (Å²) >= 11 is 1.68. The van der Waals surface area contributed by atoms with Crippen molar-refractivity contribution in [1.29, 1.82) is 0 Å². The molecule has 0 aliphatic carbocycles. The zero-order chi connectivity index (χ0) is 17.5. The fraction of sp³-hybridized carbons (Fsp3) is 0.562. The number of carboxylic acid groups (broad SMARTS) is 1. The molecular weight excluding hydrogens is 348 g/mol. The topological polar surface area (TPSA) is 77.9 Å². The van der Waals surface area contributed by atoms with Crippen LogP contribution in [0.4, 0.5) is 0 Å². The van der Waals surface area contributed by atoms with Gasteiger partial charge in [0.25, 0.3) is 0 Å². The largest absolute Gasteiger partial charge is 0.481 e. The van der Waals surface area contributed by atoms with Crippen molar-refractivity contribution in [2.24, 2.45) is 11.3 Å². The van der Waals surface area contributed by atoms with Crippen molar-refractivity contribution in [2.45, 2.75) is 11.4 Å². The number of aliphatic carboxylic acids is 1. The molecule has 0 radical (unpaired) electrons. The predicted molar refractivity (Wildman–Crippen MR) is 93.5 cm³/mol. The molecule has 0 bridgehead atoms. The van der Waals surface area contributed by atoms with Gasteiger partial charge in [-0.05, 0) is 17.9 Å². The molecule has 8 heteroatoms. The van der Waals surface area contributed by atoms with Crippen LogP contribution in [0.1, 0.15) is 5.56 Å². The highest BCUT2D eigenvalue weighted by molar-refractivity contribution is 7.98. The Morgan fingerprint density at radius 2 is 2.04 bits per heavy atom. The quantitative estimate of drug-likeness (QED) is 0.785. The van der Waals surface area contributed by atoms with E-state index in [1.54, 1.807) is 11.8 Å². The van der Waals surface area contributed by atoms with E-state index in [0.717, 1.165) is 6.26 Å². The molecule has 2 fully saturated rings. The molecule has 2 aliphatic rings. The number of thioether (sulfide) groups is 1. The molecule has 1 aromatic carbocycles. The second-order valence-electron chi connectivity index (χ2n) is 6.70. The average molecular weight is 370 g/mol. The normalized spacial score (nSPS) is 28.2. The summed E-state index contributed by atoms with van der Waals surface area (Å²) in [5.74, 6) is -1.05. The van der Waals surface area contributed by atoms with E-state index in [0.29, 0.717) is 26.2 Å². The molecule has 0 saturated carbocycles. The van der Waals surface area contributed by atoms with E-state index in [1.807, 2.05) is 18.4 Å². The summed E-state index contributed by atoms with van der Waals surface area (Å²) in [6.07, 6.45) is 3.18. The summed E-state index contributed by atoms with van der Waals surface area (Å²) in [6, 6.07) is 8.12. The zero-order valence-electron chi connectivity index (χ0n) is 13.8. The van der Waals surface area contributed by atoms with Crippen LogP contribution in [0.2, 0.25) is 0 Å². The van der Waals surface area contributed by atoms with Gasteiger partial charge in [0.15, 0.2) is 0 Å². The van der Waals surface area contributed by atoms with Crippen LogP contribution >= 0.6 is 11.8 Å². The van der Waals surface area contributed by atoms with Gasteiger partial charge in [-0.1, -0.05) is 18.2 Å². The van der Waals surface area contributed by atoms with Crippen LogP contribution in [0, 0.1) is 11.3 Å². The maximum absolute atomic E-state index is 11.9. The maximum Gasteiger partial charge on any atom is 0.312 e. The minimum Gasteiger partial charge on any atom is -0.481 e. The maximum atomic E-state index is 11.9. The Kier molecular flexibility index (Phi) is 4.67. The Hall–Kier alpha value is -1.09. The molecule has 3 rings (SSSR count). The zero-order valence-corrected chi connectivity index (χ0v) is 15.4. The van der Waals surface area contributed by atoms with E-state index < -0.39 is 21.4 Å². The summed E-state index contributed by atoms with van der Waals surface area (Å²) in [4.78, 5) is 15.3. The van der Waals surface area contributed by atoms with Crippen molar-refractivity contribution < 1.29 is 18.3 Å². The van der Waals surface area contributed by atoms with Crippen LogP contribution in [0.3, 0.4) is 0 Å². The first kappa shape index (κ1) is 17.7. The van der Waals surface area contributed by atoms with Crippen molar-refractivity contribution in [1.82, 2.24) is 9.21 Å². The molecule has 0 unspecified atom stereocenters. The monoisotopic (exact) mass is 370 g/mol. The first-order valence-corrected chi connectivity index (χ1v) is 10.9. The Morgan fingerprint density at radius 1 is 1.33 bits per heavy atom. The number of hydrogen-bond donors (Lipinski definition) is 1. The molecular formula is C16H22N2O4S2. The lowest BCUT2D eigenvalue weighted by molar-refractivity contribution is -0.148. The summed E-state index contributed by atoms with van der Waals surface area (Å²) in [5, 5.41) is 9.79.